The fourth-order valence-corrected chi connectivity index (χ4v) is 9.47. The van der Waals surface area contributed by atoms with E-state index in [4.69, 9.17) is 66.3 Å². The number of rotatable bonds is 38. The quantitative estimate of drug-likeness (QED) is 0.0494. The SMILES string of the molecule is C=CCCCCCCO[C@@H]1OC(COCCCC)[C@@H](O[C@@H]2OC3COC(c4ccccc4)O[C@@H]3C(O)C2O[C@@H]2OC(C)[C@@H](OCCCC)C(OCCCC)C2OCCCC)C(OCCCC)C1OCCCC. The zero-order chi connectivity index (χ0) is 51.3. The second-order valence-electron chi connectivity index (χ2n) is 19.9. The van der Waals surface area contributed by atoms with Crippen molar-refractivity contribution in [3.8, 4) is 0 Å². The third kappa shape index (κ3) is 19.1. The van der Waals surface area contributed by atoms with Gasteiger partial charge in [0.25, 0.3) is 0 Å². The van der Waals surface area contributed by atoms with Gasteiger partial charge in [-0.15, -0.1) is 6.58 Å². The van der Waals surface area contributed by atoms with Crippen molar-refractivity contribution in [1.29, 1.82) is 0 Å². The molecule has 416 valence electrons. The van der Waals surface area contributed by atoms with E-state index < -0.39 is 98.4 Å². The van der Waals surface area contributed by atoms with E-state index in [2.05, 4.69) is 48.1 Å². The number of hydrogen-bond donors (Lipinski definition) is 1. The van der Waals surface area contributed by atoms with E-state index >= 15 is 0 Å². The Labute approximate surface area is 434 Å². The molecule has 4 aliphatic rings. The van der Waals surface area contributed by atoms with Gasteiger partial charge in [-0.2, -0.15) is 0 Å². The number of aliphatic hydroxyl groups excluding tert-OH is 1. The van der Waals surface area contributed by atoms with E-state index in [9.17, 15) is 5.11 Å². The minimum absolute atomic E-state index is 0.130. The number of aliphatic hydroxyl groups is 1. The number of allylic oxidation sites excluding steroid dienone is 1. The Kier molecular flexibility index (Phi) is 30.3. The van der Waals surface area contributed by atoms with E-state index in [1.165, 1.54) is 0 Å². The summed E-state index contributed by atoms with van der Waals surface area (Å²) in [6, 6.07) is 9.70. The first kappa shape index (κ1) is 61.2. The predicted molar refractivity (Wildman–Crippen MR) is 276 cm³/mol. The molecule has 10 unspecified atom stereocenters. The predicted octanol–water partition coefficient (Wildman–Crippen LogP) is 10.3. The van der Waals surface area contributed by atoms with Crippen LogP contribution >= 0.6 is 0 Å². The van der Waals surface area contributed by atoms with Crippen LogP contribution in [0.2, 0.25) is 0 Å². The van der Waals surface area contributed by atoms with Crippen molar-refractivity contribution in [3.05, 3.63) is 48.6 Å². The third-order valence-corrected chi connectivity index (χ3v) is 13.8. The van der Waals surface area contributed by atoms with Crippen molar-refractivity contribution in [2.24, 2.45) is 0 Å². The average Bonchev–Trinajstić information content (AvgIpc) is 3.39. The lowest BCUT2D eigenvalue weighted by atomic mass is 9.95. The highest BCUT2D eigenvalue weighted by Gasteiger charge is 2.57. The molecular formula is C57H98O15. The molecule has 5 rings (SSSR count). The molecule has 16 atom stereocenters. The van der Waals surface area contributed by atoms with Crippen LogP contribution in [-0.4, -0.2) is 157 Å². The van der Waals surface area contributed by atoms with Gasteiger partial charge in [0.05, 0.1) is 19.3 Å². The second kappa shape index (κ2) is 35.6. The largest absolute Gasteiger partial charge is 0.387 e. The monoisotopic (exact) mass is 1020 g/mol. The highest BCUT2D eigenvalue weighted by molar-refractivity contribution is 5.17. The summed E-state index contributed by atoms with van der Waals surface area (Å²) in [4.78, 5) is 0. The first-order valence-corrected chi connectivity index (χ1v) is 28.5. The van der Waals surface area contributed by atoms with E-state index in [-0.39, 0.29) is 13.2 Å². The molecular weight excluding hydrogens is 925 g/mol. The first-order valence-electron chi connectivity index (χ1n) is 28.5. The summed E-state index contributed by atoms with van der Waals surface area (Å²) in [5, 5.41) is 12.8. The van der Waals surface area contributed by atoms with Gasteiger partial charge < -0.3 is 71.4 Å². The Morgan fingerprint density at radius 3 is 1.65 bits per heavy atom. The molecule has 0 saturated carbocycles. The van der Waals surface area contributed by atoms with Gasteiger partial charge in [0.15, 0.2) is 25.2 Å². The molecule has 4 aliphatic heterocycles. The van der Waals surface area contributed by atoms with Gasteiger partial charge in [0.1, 0.15) is 67.1 Å². The Hall–Kier alpha value is -1.64. The lowest BCUT2D eigenvalue weighted by Crippen LogP contribution is -2.68. The van der Waals surface area contributed by atoms with E-state index in [1.54, 1.807) is 0 Å². The van der Waals surface area contributed by atoms with E-state index in [1.807, 2.05) is 43.3 Å². The summed E-state index contributed by atoms with van der Waals surface area (Å²) < 4.78 is 94.8. The smallest absolute Gasteiger partial charge is 0.187 e. The molecule has 15 nitrogen and oxygen atoms in total. The van der Waals surface area contributed by atoms with Gasteiger partial charge in [-0.1, -0.05) is 129 Å². The zero-order valence-corrected chi connectivity index (χ0v) is 45.5. The van der Waals surface area contributed by atoms with Gasteiger partial charge >= 0.3 is 0 Å². The number of benzene rings is 1. The first-order chi connectivity index (χ1) is 35.3. The average molecular weight is 1020 g/mol. The lowest BCUT2D eigenvalue weighted by Gasteiger charge is -2.52. The molecule has 72 heavy (non-hydrogen) atoms. The molecule has 0 aliphatic carbocycles. The maximum Gasteiger partial charge on any atom is 0.187 e. The lowest BCUT2D eigenvalue weighted by molar-refractivity contribution is -0.412. The summed E-state index contributed by atoms with van der Waals surface area (Å²) in [7, 11) is 0. The number of unbranched alkanes of at least 4 members (excludes halogenated alkanes) is 10. The van der Waals surface area contributed by atoms with Crippen LogP contribution in [0.25, 0.3) is 0 Å². The third-order valence-electron chi connectivity index (χ3n) is 13.8. The van der Waals surface area contributed by atoms with Gasteiger partial charge in [-0.3, -0.25) is 0 Å². The van der Waals surface area contributed by atoms with Crippen molar-refractivity contribution in [3.63, 3.8) is 0 Å². The molecule has 0 amide bonds. The minimum Gasteiger partial charge on any atom is -0.387 e. The highest BCUT2D eigenvalue weighted by atomic mass is 16.8. The molecule has 1 aromatic rings. The zero-order valence-electron chi connectivity index (χ0n) is 45.5. The van der Waals surface area contributed by atoms with Crippen LogP contribution in [-0.2, 0) is 66.3 Å². The summed E-state index contributed by atoms with van der Waals surface area (Å²) in [5.74, 6) is 0. The summed E-state index contributed by atoms with van der Waals surface area (Å²) in [6.07, 6.45) is 5.34. The molecule has 15 heteroatoms. The summed E-state index contributed by atoms with van der Waals surface area (Å²) >= 11 is 0. The fraction of sp³-hybridized carbons (Fsp3) is 0.860. The molecule has 0 radical (unpaired) electrons. The Morgan fingerprint density at radius 1 is 0.528 bits per heavy atom. The number of hydrogen-bond acceptors (Lipinski definition) is 15. The highest BCUT2D eigenvalue weighted by Crippen LogP contribution is 2.40. The molecule has 4 saturated heterocycles. The van der Waals surface area contributed by atoms with Gasteiger partial charge in [-0.05, 0) is 64.7 Å². The molecule has 4 heterocycles. The van der Waals surface area contributed by atoms with E-state index in [0.717, 1.165) is 115 Å². The molecule has 0 spiro atoms. The molecule has 4 fully saturated rings. The van der Waals surface area contributed by atoms with Crippen molar-refractivity contribution in [2.45, 2.75) is 256 Å². The molecule has 0 bridgehead atoms. The van der Waals surface area contributed by atoms with E-state index in [0.29, 0.717) is 46.2 Å². The van der Waals surface area contributed by atoms with Crippen LogP contribution in [0.5, 0.6) is 0 Å². The van der Waals surface area contributed by atoms with Crippen LogP contribution in [0.15, 0.2) is 43.0 Å². The van der Waals surface area contributed by atoms with Crippen LogP contribution in [0.3, 0.4) is 0 Å². The van der Waals surface area contributed by atoms with Crippen molar-refractivity contribution >= 4 is 0 Å². The Morgan fingerprint density at radius 2 is 1.04 bits per heavy atom. The molecule has 0 aromatic heterocycles. The van der Waals surface area contributed by atoms with Gasteiger partial charge in [0.2, 0.25) is 0 Å². The Bertz CT molecular complexity index is 1510. The van der Waals surface area contributed by atoms with Crippen molar-refractivity contribution < 1.29 is 71.4 Å². The van der Waals surface area contributed by atoms with Crippen LogP contribution in [0, 0.1) is 0 Å². The molecule has 1 aromatic carbocycles. The Balaban J connectivity index is 1.54. The summed E-state index contributed by atoms with van der Waals surface area (Å²) in [6.45, 7) is 22.5. The normalized spacial score (nSPS) is 32.9. The maximum absolute atomic E-state index is 12.8. The van der Waals surface area contributed by atoms with Crippen LogP contribution in [0.1, 0.15) is 169 Å². The fourth-order valence-electron chi connectivity index (χ4n) is 9.47. The number of fused-ring (bicyclic) bond motifs is 1. The van der Waals surface area contributed by atoms with Gasteiger partial charge in [-0.25, -0.2) is 0 Å². The van der Waals surface area contributed by atoms with Crippen LogP contribution < -0.4 is 0 Å². The van der Waals surface area contributed by atoms with Crippen LogP contribution in [0.4, 0.5) is 0 Å². The van der Waals surface area contributed by atoms with Gasteiger partial charge in [0, 0.05) is 51.8 Å². The minimum atomic E-state index is -1.28. The maximum atomic E-state index is 12.8. The number of ether oxygens (including phenoxy) is 14. The topological polar surface area (TPSA) is 149 Å². The summed E-state index contributed by atoms with van der Waals surface area (Å²) in [5.41, 5.74) is 0.824. The molecule has 1 N–H and O–H groups in total. The second-order valence-corrected chi connectivity index (χ2v) is 19.9. The van der Waals surface area contributed by atoms with Crippen molar-refractivity contribution in [1.82, 2.24) is 0 Å². The van der Waals surface area contributed by atoms with Crippen molar-refractivity contribution in [2.75, 3.05) is 59.5 Å². The standard InChI is InChI=1S/C57H98O15/c1-9-16-23-24-25-29-38-65-55-52(63-36-21-14-6)51(62-35-20-13-5)48(43(68-55)39-59-32-17-10-2)71-56-49(45(58)47-44(69-56)40-66-54(70-47)42-30-27-26-28-31-42)72-57-53(64-37-22-15-7)50(61-34-19-12-4)46(41(8)67-57)60-33-18-11-3/h9,26-28,30-31,41,43-58H,1,10-25,29,32-40H2,2-8H3/t41?,43?,44?,45?,46-,47+,48-,49?,50?,51?,52?,53?,54?,55-,56+,57+/m1/s1.